The van der Waals surface area contributed by atoms with Gasteiger partial charge in [0.05, 0.1) is 19.3 Å². The molecule has 5 heteroatoms. The van der Waals surface area contributed by atoms with Crippen molar-refractivity contribution in [3.05, 3.63) is 83.6 Å². The average Bonchev–Trinajstić information content (AvgIpc) is 2.67. The Morgan fingerprint density at radius 3 is 2.23 bits per heavy atom. The normalized spacial score (nSPS) is 13.4. The van der Waals surface area contributed by atoms with Crippen LogP contribution in [0.1, 0.15) is 11.1 Å². The third kappa shape index (κ3) is 6.80. The molecule has 0 aromatic heterocycles. The van der Waals surface area contributed by atoms with E-state index in [1.54, 1.807) is 6.21 Å². The van der Waals surface area contributed by atoms with Gasteiger partial charge in [-0.1, -0.05) is 60.7 Å². The van der Waals surface area contributed by atoms with Crippen molar-refractivity contribution >= 4 is 6.21 Å². The maximum atomic E-state index is 10.5. The van der Waals surface area contributed by atoms with E-state index in [2.05, 4.69) is 4.99 Å². The molecule has 1 atom stereocenters. The van der Waals surface area contributed by atoms with Gasteiger partial charge in [0.2, 0.25) is 0 Å². The first-order chi connectivity index (χ1) is 12.7. The van der Waals surface area contributed by atoms with E-state index < -0.39 is 6.10 Å². The molecule has 138 valence electrons. The molecule has 4 N–H and O–H groups in total. The van der Waals surface area contributed by atoms with E-state index in [0.29, 0.717) is 31.8 Å². The molecule has 0 heterocycles. The topological polar surface area (TPSA) is 82.1 Å². The van der Waals surface area contributed by atoms with Crippen LogP contribution in [0.4, 0.5) is 0 Å². The summed E-state index contributed by atoms with van der Waals surface area (Å²) in [7, 11) is 0. The zero-order valence-electron chi connectivity index (χ0n) is 14.9. The van der Waals surface area contributed by atoms with E-state index in [4.69, 9.17) is 5.73 Å². The van der Waals surface area contributed by atoms with Gasteiger partial charge in [0.15, 0.2) is 0 Å². The molecule has 5 nitrogen and oxygen atoms in total. The van der Waals surface area contributed by atoms with Crippen LogP contribution in [0.25, 0.3) is 0 Å². The van der Waals surface area contributed by atoms with Crippen LogP contribution in [-0.2, 0) is 13.1 Å². The van der Waals surface area contributed by atoms with Crippen LogP contribution in [-0.4, -0.2) is 47.1 Å². The smallest absolute Gasteiger partial charge is 0.0945 e. The zero-order valence-corrected chi connectivity index (χ0v) is 14.9. The monoisotopic (exact) mass is 353 g/mol. The van der Waals surface area contributed by atoms with Crippen LogP contribution >= 0.6 is 0 Å². The van der Waals surface area contributed by atoms with Gasteiger partial charge in [-0.2, -0.15) is 0 Å². The van der Waals surface area contributed by atoms with Gasteiger partial charge in [-0.05, 0) is 11.1 Å². The van der Waals surface area contributed by atoms with E-state index in [0.717, 1.165) is 11.1 Å². The fraction of sp³-hybridized carbons (Fsp3) is 0.286. The summed E-state index contributed by atoms with van der Waals surface area (Å²) in [4.78, 5) is 6.36. The highest BCUT2D eigenvalue weighted by molar-refractivity contribution is 5.79. The van der Waals surface area contributed by atoms with Crippen molar-refractivity contribution in [2.24, 2.45) is 10.7 Å². The molecule has 0 aliphatic heterocycles. The molecular weight excluding hydrogens is 326 g/mol. The van der Waals surface area contributed by atoms with Gasteiger partial charge in [0, 0.05) is 37.6 Å². The van der Waals surface area contributed by atoms with E-state index in [-0.39, 0.29) is 6.61 Å². The van der Waals surface area contributed by atoms with Gasteiger partial charge in [0.1, 0.15) is 0 Å². The molecule has 0 radical (unpaired) electrons. The van der Waals surface area contributed by atoms with Crippen molar-refractivity contribution in [1.29, 1.82) is 0 Å². The zero-order chi connectivity index (χ0) is 18.6. The fourth-order valence-electron chi connectivity index (χ4n) is 2.65. The minimum absolute atomic E-state index is 0.0311. The van der Waals surface area contributed by atoms with Crippen LogP contribution in [0, 0.1) is 0 Å². The Bertz CT molecular complexity index is 687. The van der Waals surface area contributed by atoms with Gasteiger partial charge in [0.25, 0.3) is 0 Å². The molecule has 26 heavy (non-hydrogen) atoms. The van der Waals surface area contributed by atoms with Crippen LogP contribution in [0.3, 0.4) is 0 Å². The van der Waals surface area contributed by atoms with Gasteiger partial charge in [-0.3, -0.25) is 9.89 Å². The second kappa shape index (κ2) is 11.2. The number of aliphatic imine (C=N–C) groups is 1. The number of rotatable bonds is 10. The Kier molecular flexibility index (Phi) is 8.55. The Balaban J connectivity index is 1.93. The largest absolute Gasteiger partial charge is 0.404 e. The number of hydrogen-bond donors (Lipinski definition) is 3. The molecular formula is C21H27N3O2. The maximum Gasteiger partial charge on any atom is 0.0945 e. The fourth-order valence-corrected chi connectivity index (χ4v) is 2.65. The first-order valence-electron chi connectivity index (χ1n) is 8.73. The lowest BCUT2D eigenvalue weighted by molar-refractivity contribution is 0.119. The lowest BCUT2D eigenvalue weighted by Gasteiger charge is -2.24. The third-order valence-electron chi connectivity index (χ3n) is 4.03. The van der Waals surface area contributed by atoms with E-state index in [1.807, 2.05) is 65.6 Å². The molecule has 1 unspecified atom stereocenters. The first kappa shape index (κ1) is 19.8. The van der Waals surface area contributed by atoms with Gasteiger partial charge >= 0.3 is 0 Å². The van der Waals surface area contributed by atoms with Crippen LogP contribution in [0.5, 0.6) is 0 Å². The number of aliphatic hydroxyl groups is 2. The van der Waals surface area contributed by atoms with Crippen molar-refractivity contribution in [3.63, 3.8) is 0 Å². The third-order valence-corrected chi connectivity index (χ3v) is 4.03. The Morgan fingerprint density at radius 2 is 1.65 bits per heavy atom. The van der Waals surface area contributed by atoms with Crippen molar-refractivity contribution in [2.45, 2.75) is 19.2 Å². The van der Waals surface area contributed by atoms with E-state index in [9.17, 15) is 10.2 Å². The molecule has 0 fully saturated rings. The SMILES string of the molecule is N/C=C(\C=NCc1ccccc1)C(O)CN(CCO)Cc1ccccc1. The maximum absolute atomic E-state index is 10.5. The molecule has 0 saturated heterocycles. The van der Waals surface area contributed by atoms with E-state index in [1.165, 1.54) is 6.20 Å². The molecule has 0 aliphatic carbocycles. The number of aliphatic hydroxyl groups excluding tert-OH is 2. The van der Waals surface area contributed by atoms with Gasteiger partial charge in [-0.15, -0.1) is 0 Å². The summed E-state index contributed by atoms with van der Waals surface area (Å²) in [5.74, 6) is 0. The highest BCUT2D eigenvalue weighted by Crippen LogP contribution is 2.08. The van der Waals surface area contributed by atoms with E-state index >= 15 is 0 Å². The molecule has 2 aromatic carbocycles. The predicted molar refractivity (Wildman–Crippen MR) is 106 cm³/mol. The lowest BCUT2D eigenvalue weighted by Crippen LogP contribution is -2.35. The Labute approximate surface area is 155 Å². The highest BCUT2D eigenvalue weighted by atomic mass is 16.3. The second-order valence-electron chi connectivity index (χ2n) is 6.08. The molecule has 0 spiro atoms. The van der Waals surface area contributed by atoms with Crippen molar-refractivity contribution in [3.8, 4) is 0 Å². The molecule has 2 aromatic rings. The van der Waals surface area contributed by atoms with Crippen molar-refractivity contribution < 1.29 is 10.2 Å². The Morgan fingerprint density at radius 1 is 1.04 bits per heavy atom. The predicted octanol–water partition coefficient (Wildman–Crippen LogP) is 1.96. The summed E-state index contributed by atoms with van der Waals surface area (Å²) >= 11 is 0. The van der Waals surface area contributed by atoms with Gasteiger partial charge < -0.3 is 15.9 Å². The van der Waals surface area contributed by atoms with Crippen molar-refractivity contribution in [2.75, 3.05) is 19.7 Å². The number of benzene rings is 2. The highest BCUT2D eigenvalue weighted by Gasteiger charge is 2.15. The van der Waals surface area contributed by atoms with Crippen molar-refractivity contribution in [1.82, 2.24) is 4.90 Å². The summed E-state index contributed by atoms with van der Waals surface area (Å²) in [6.07, 6.45) is 2.24. The number of nitrogens with zero attached hydrogens (tertiary/aromatic N) is 2. The van der Waals surface area contributed by atoms with Gasteiger partial charge in [-0.25, -0.2) is 0 Å². The van der Waals surface area contributed by atoms with Crippen LogP contribution in [0.2, 0.25) is 0 Å². The summed E-state index contributed by atoms with van der Waals surface area (Å²) < 4.78 is 0. The standard InChI is InChI=1S/C21H27N3O2/c22-13-20(15-23-14-18-7-3-1-4-8-18)21(26)17-24(11-12-25)16-19-9-5-2-6-10-19/h1-10,13,15,21,25-26H,11-12,14,16-17,22H2/b20-13+,23-15?. The van der Waals surface area contributed by atoms with Crippen LogP contribution in [0.15, 0.2) is 77.4 Å². The summed E-state index contributed by atoms with van der Waals surface area (Å²) in [6, 6.07) is 19.9. The first-order valence-corrected chi connectivity index (χ1v) is 8.73. The summed E-state index contributed by atoms with van der Waals surface area (Å²) in [6.45, 7) is 2.07. The Hall–Kier alpha value is -2.47. The molecule has 2 rings (SSSR count). The number of nitrogens with two attached hydrogens (primary N) is 1. The quantitative estimate of drug-likeness (QED) is 0.570. The summed E-state index contributed by atoms with van der Waals surface area (Å²) in [5.41, 5.74) is 8.47. The number of hydrogen-bond acceptors (Lipinski definition) is 5. The molecule has 0 saturated carbocycles. The molecule has 0 amide bonds. The molecule has 0 bridgehead atoms. The minimum Gasteiger partial charge on any atom is -0.404 e. The summed E-state index contributed by atoms with van der Waals surface area (Å²) in [5, 5.41) is 19.8. The van der Waals surface area contributed by atoms with Crippen LogP contribution < -0.4 is 5.73 Å². The molecule has 0 aliphatic rings. The lowest BCUT2D eigenvalue weighted by atomic mass is 10.1. The average molecular weight is 353 g/mol. The second-order valence-corrected chi connectivity index (χ2v) is 6.08. The minimum atomic E-state index is -0.769.